The zero-order chi connectivity index (χ0) is 16.7. The van der Waals surface area contributed by atoms with Crippen LogP contribution in [0.15, 0.2) is 30.3 Å². The first-order valence-corrected chi connectivity index (χ1v) is 7.80. The standard InChI is InChI=1S/C17H24N2O4/c1-18(8-9-23-11-10-22-2)17(21)14-12-16(20)19(13-14)15-6-4-3-5-7-15/h3-7,14H,8-13H2,1-2H3. The van der Waals surface area contributed by atoms with E-state index in [0.717, 1.165) is 5.69 Å². The van der Waals surface area contributed by atoms with Crippen molar-refractivity contribution in [1.29, 1.82) is 0 Å². The molecule has 126 valence electrons. The second-order valence-electron chi connectivity index (χ2n) is 5.61. The van der Waals surface area contributed by atoms with Gasteiger partial charge >= 0.3 is 0 Å². The average Bonchev–Trinajstić information content (AvgIpc) is 2.96. The van der Waals surface area contributed by atoms with Crippen LogP contribution >= 0.6 is 0 Å². The van der Waals surface area contributed by atoms with Gasteiger partial charge in [-0.1, -0.05) is 18.2 Å². The molecule has 6 heteroatoms. The van der Waals surface area contributed by atoms with Crippen molar-refractivity contribution in [3.63, 3.8) is 0 Å². The highest BCUT2D eigenvalue weighted by atomic mass is 16.5. The summed E-state index contributed by atoms with van der Waals surface area (Å²) in [6, 6.07) is 9.46. The number of methoxy groups -OCH3 is 1. The minimum Gasteiger partial charge on any atom is -0.382 e. The topological polar surface area (TPSA) is 59.1 Å². The predicted octanol–water partition coefficient (Wildman–Crippen LogP) is 1.16. The number of rotatable bonds is 8. The zero-order valence-electron chi connectivity index (χ0n) is 13.7. The summed E-state index contributed by atoms with van der Waals surface area (Å²) in [5, 5.41) is 0. The lowest BCUT2D eigenvalue weighted by Gasteiger charge is -2.21. The van der Waals surface area contributed by atoms with Gasteiger partial charge in [-0.15, -0.1) is 0 Å². The van der Waals surface area contributed by atoms with Crippen LogP contribution in [0.2, 0.25) is 0 Å². The lowest BCUT2D eigenvalue weighted by atomic mass is 10.1. The Kier molecular flexibility index (Phi) is 6.55. The van der Waals surface area contributed by atoms with E-state index in [2.05, 4.69) is 0 Å². The Labute approximate surface area is 137 Å². The first-order chi connectivity index (χ1) is 11.1. The molecule has 2 amide bonds. The number of para-hydroxylation sites is 1. The predicted molar refractivity (Wildman–Crippen MR) is 87.2 cm³/mol. The molecule has 1 heterocycles. The van der Waals surface area contributed by atoms with Crippen molar-refractivity contribution in [2.24, 2.45) is 5.92 Å². The van der Waals surface area contributed by atoms with Gasteiger partial charge in [0.25, 0.3) is 0 Å². The second kappa shape index (κ2) is 8.64. The number of carbonyl (C=O) groups is 2. The highest BCUT2D eigenvalue weighted by molar-refractivity contribution is 6.00. The van der Waals surface area contributed by atoms with E-state index in [1.807, 2.05) is 30.3 Å². The van der Waals surface area contributed by atoms with Crippen LogP contribution in [0.25, 0.3) is 0 Å². The van der Waals surface area contributed by atoms with Crippen molar-refractivity contribution >= 4 is 17.5 Å². The molecular formula is C17H24N2O4. The van der Waals surface area contributed by atoms with Crippen LogP contribution < -0.4 is 4.90 Å². The molecule has 0 saturated carbocycles. The summed E-state index contributed by atoms with van der Waals surface area (Å²) in [5.41, 5.74) is 0.846. The number of ether oxygens (including phenoxy) is 2. The normalized spacial score (nSPS) is 17.6. The van der Waals surface area contributed by atoms with Crippen LogP contribution in [0.3, 0.4) is 0 Å². The average molecular weight is 320 g/mol. The Balaban J connectivity index is 1.82. The van der Waals surface area contributed by atoms with E-state index in [0.29, 0.717) is 32.9 Å². The Morgan fingerprint density at radius 1 is 1.26 bits per heavy atom. The number of hydrogen-bond donors (Lipinski definition) is 0. The second-order valence-corrected chi connectivity index (χ2v) is 5.61. The van der Waals surface area contributed by atoms with Crippen LogP contribution in [-0.4, -0.2) is 63.8 Å². The Bertz CT molecular complexity index is 521. The van der Waals surface area contributed by atoms with Gasteiger partial charge < -0.3 is 19.3 Å². The van der Waals surface area contributed by atoms with Crippen LogP contribution in [0.1, 0.15) is 6.42 Å². The molecule has 2 rings (SSSR count). The molecule has 1 aliphatic heterocycles. The number of amides is 2. The van der Waals surface area contributed by atoms with E-state index in [1.54, 1.807) is 24.0 Å². The highest BCUT2D eigenvalue weighted by Crippen LogP contribution is 2.25. The fourth-order valence-corrected chi connectivity index (χ4v) is 2.60. The fourth-order valence-electron chi connectivity index (χ4n) is 2.60. The molecule has 0 radical (unpaired) electrons. The van der Waals surface area contributed by atoms with E-state index in [-0.39, 0.29) is 24.2 Å². The number of anilines is 1. The van der Waals surface area contributed by atoms with Gasteiger partial charge in [0.2, 0.25) is 11.8 Å². The molecule has 1 fully saturated rings. The molecule has 1 aliphatic rings. The largest absolute Gasteiger partial charge is 0.382 e. The lowest BCUT2D eigenvalue weighted by molar-refractivity contribution is -0.135. The Hall–Kier alpha value is -1.92. The van der Waals surface area contributed by atoms with Gasteiger partial charge in [0.15, 0.2) is 0 Å². The van der Waals surface area contributed by atoms with Gasteiger partial charge in [0.05, 0.1) is 25.7 Å². The summed E-state index contributed by atoms with van der Waals surface area (Å²) in [7, 11) is 3.37. The third-order valence-electron chi connectivity index (χ3n) is 3.92. The molecule has 1 aromatic rings. The minimum atomic E-state index is -0.285. The van der Waals surface area contributed by atoms with Gasteiger partial charge in [0, 0.05) is 39.4 Å². The fraction of sp³-hybridized carbons (Fsp3) is 0.529. The van der Waals surface area contributed by atoms with Crippen molar-refractivity contribution in [3.8, 4) is 0 Å². The number of carbonyl (C=O) groups excluding carboxylic acids is 2. The number of likely N-dealkylation sites (N-methyl/N-ethyl adjacent to an activating group) is 1. The zero-order valence-corrected chi connectivity index (χ0v) is 13.7. The van der Waals surface area contributed by atoms with Gasteiger partial charge in [-0.3, -0.25) is 9.59 Å². The van der Waals surface area contributed by atoms with E-state index in [4.69, 9.17) is 9.47 Å². The summed E-state index contributed by atoms with van der Waals surface area (Å²) < 4.78 is 10.3. The van der Waals surface area contributed by atoms with E-state index in [9.17, 15) is 9.59 Å². The van der Waals surface area contributed by atoms with Gasteiger partial charge in [0.1, 0.15) is 0 Å². The SMILES string of the molecule is COCCOCCN(C)C(=O)C1CC(=O)N(c2ccccc2)C1. The van der Waals surface area contributed by atoms with Crippen LogP contribution in [0, 0.1) is 5.92 Å². The molecule has 0 bridgehead atoms. The quantitative estimate of drug-likeness (QED) is 0.675. The summed E-state index contributed by atoms with van der Waals surface area (Å²) in [6.07, 6.45) is 0.266. The molecule has 0 spiro atoms. The molecule has 1 saturated heterocycles. The van der Waals surface area contributed by atoms with E-state index < -0.39 is 0 Å². The summed E-state index contributed by atoms with van der Waals surface area (Å²) >= 11 is 0. The number of benzene rings is 1. The molecule has 1 atom stereocenters. The summed E-state index contributed by atoms with van der Waals surface area (Å²) in [5.74, 6) is -0.293. The molecule has 6 nitrogen and oxygen atoms in total. The monoisotopic (exact) mass is 320 g/mol. The molecule has 23 heavy (non-hydrogen) atoms. The minimum absolute atomic E-state index is 0.000653. The summed E-state index contributed by atoms with van der Waals surface area (Å²) in [4.78, 5) is 27.9. The van der Waals surface area contributed by atoms with E-state index >= 15 is 0 Å². The number of hydrogen-bond acceptors (Lipinski definition) is 4. The molecule has 0 aromatic heterocycles. The third kappa shape index (κ3) is 4.77. The van der Waals surface area contributed by atoms with Gasteiger partial charge in [-0.2, -0.15) is 0 Å². The summed E-state index contributed by atoms with van der Waals surface area (Å²) in [6.45, 7) is 2.48. The van der Waals surface area contributed by atoms with Crippen LogP contribution in [0.5, 0.6) is 0 Å². The van der Waals surface area contributed by atoms with Crippen LogP contribution in [-0.2, 0) is 19.1 Å². The Morgan fingerprint density at radius 3 is 2.70 bits per heavy atom. The maximum absolute atomic E-state index is 12.5. The van der Waals surface area contributed by atoms with Crippen molar-refractivity contribution in [1.82, 2.24) is 4.90 Å². The molecule has 0 N–H and O–H groups in total. The van der Waals surface area contributed by atoms with Gasteiger partial charge in [-0.05, 0) is 12.1 Å². The molecule has 1 unspecified atom stereocenters. The van der Waals surface area contributed by atoms with Crippen molar-refractivity contribution in [2.45, 2.75) is 6.42 Å². The van der Waals surface area contributed by atoms with Crippen molar-refractivity contribution in [2.75, 3.05) is 52.0 Å². The van der Waals surface area contributed by atoms with Crippen molar-refractivity contribution < 1.29 is 19.1 Å². The first-order valence-electron chi connectivity index (χ1n) is 7.80. The third-order valence-corrected chi connectivity index (χ3v) is 3.92. The molecular weight excluding hydrogens is 296 g/mol. The lowest BCUT2D eigenvalue weighted by Crippen LogP contribution is -2.36. The smallest absolute Gasteiger partial charge is 0.227 e. The van der Waals surface area contributed by atoms with Crippen molar-refractivity contribution in [3.05, 3.63) is 30.3 Å². The maximum atomic E-state index is 12.5. The van der Waals surface area contributed by atoms with Gasteiger partial charge in [-0.25, -0.2) is 0 Å². The van der Waals surface area contributed by atoms with Crippen LogP contribution in [0.4, 0.5) is 5.69 Å². The first kappa shape index (κ1) is 17.4. The number of nitrogens with zero attached hydrogens (tertiary/aromatic N) is 2. The highest BCUT2D eigenvalue weighted by Gasteiger charge is 2.36. The maximum Gasteiger partial charge on any atom is 0.227 e. The molecule has 1 aromatic carbocycles. The van der Waals surface area contributed by atoms with E-state index in [1.165, 1.54) is 0 Å². The molecule has 0 aliphatic carbocycles. The Morgan fingerprint density at radius 2 is 2.00 bits per heavy atom.